The van der Waals surface area contributed by atoms with Crippen LogP contribution in [-0.4, -0.2) is 5.25 Å². The van der Waals surface area contributed by atoms with E-state index in [1.807, 2.05) is 0 Å². The minimum atomic E-state index is 0.539. The van der Waals surface area contributed by atoms with Gasteiger partial charge in [0.15, 0.2) is 0 Å². The summed E-state index contributed by atoms with van der Waals surface area (Å²) in [5.74, 6) is 2.02. The first-order valence-electron chi connectivity index (χ1n) is 7.47. The monoisotopic (exact) mass is 356 g/mol. The molecule has 2 heteroatoms. The van der Waals surface area contributed by atoms with Crippen LogP contribution in [0.5, 0.6) is 0 Å². The second kappa shape index (κ2) is 5.66. The van der Waals surface area contributed by atoms with E-state index in [0.29, 0.717) is 5.92 Å². The Bertz CT molecular complexity index is 650. The Balaban J connectivity index is 1.60. The molecule has 0 aliphatic heterocycles. The molecule has 2 aromatic rings. The van der Waals surface area contributed by atoms with Crippen molar-refractivity contribution in [2.75, 3.05) is 0 Å². The van der Waals surface area contributed by atoms with Crippen molar-refractivity contribution in [3.8, 4) is 0 Å². The summed E-state index contributed by atoms with van der Waals surface area (Å²) in [7, 11) is 0. The van der Waals surface area contributed by atoms with Gasteiger partial charge in [-0.1, -0.05) is 70.5 Å². The number of allylic oxidation sites excluding steroid dienone is 2. The van der Waals surface area contributed by atoms with Gasteiger partial charge in [0.2, 0.25) is 0 Å². The van der Waals surface area contributed by atoms with Gasteiger partial charge in [-0.05, 0) is 40.4 Å². The third-order valence-electron chi connectivity index (χ3n) is 4.66. The molecule has 1 saturated carbocycles. The molecule has 0 N–H and O–H groups in total. The van der Waals surface area contributed by atoms with E-state index in [1.54, 1.807) is 0 Å². The summed E-state index contributed by atoms with van der Waals surface area (Å²) >= 11 is 5.88. The van der Waals surface area contributed by atoms with Gasteiger partial charge in [-0.25, -0.2) is 0 Å². The van der Waals surface area contributed by atoms with Crippen molar-refractivity contribution in [2.45, 2.75) is 22.5 Å². The molecule has 0 amide bonds. The van der Waals surface area contributed by atoms with Crippen LogP contribution in [0.25, 0.3) is 0 Å². The minimum Gasteiger partial charge on any atom is -0.122 e. The summed E-state index contributed by atoms with van der Waals surface area (Å²) < 4.78 is 1.39. The van der Waals surface area contributed by atoms with Crippen LogP contribution in [0, 0.1) is 11.8 Å². The van der Waals surface area contributed by atoms with Crippen molar-refractivity contribution in [2.24, 2.45) is 11.8 Å². The van der Waals surface area contributed by atoms with Crippen LogP contribution in [-0.2, 0) is 0 Å². The number of benzene rings is 2. The molecule has 0 nitrogen and oxygen atoms in total. The maximum absolute atomic E-state index is 3.83. The van der Waals surface area contributed by atoms with E-state index in [2.05, 4.69) is 94.4 Å². The number of hydrogen-bond acceptors (Lipinski definition) is 1. The van der Waals surface area contributed by atoms with E-state index in [4.69, 9.17) is 0 Å². The average molecular weight is 357 g/mol. The van der Waals surface area contributed by atoms with Gasteiger partial charge in [-0.15, -0.1) is 11.8 Å². The van der Waals surface area contributed by atoms with Crippen LogP contribution in [0.2, 0.25) is 0 Å². The van der Waals surface area contributed by atoms with Gasteiger partial charge in [0.1, 0.15) is 0 Å². The first kappa shape index (κ1) is 13.7. The molecular formula is C19H17BrS. The maximum atomic E-state index is 3.83. The predicted octanol–water partition coefficient (Wildman–Crippen LogP) is 5.86. The molecule has 1 fully saturated rings. The SMILES string of the molecule is BrC1=C[C@H]2C[C@H]([C@H]2Sc2ccccc2)[C@H]1c1ccccc1. The Hall–Kier alpha value is -0.990. The van der Waals surface area contributed by atoms with Crippen LogP contribution < -0.4 is 0 Å². The highest BCUT2D eigenvalue weighted by molar-refractivity contribution is 9.11. The highest BCUT2D eigenvalue weighted by Crippen LogP contribution is 2.59. The van der Waals surface area contributed by atoms with E-state index < -0.39 is 0 Å². The molecule has 2 aromatic carbocycles. The van der Waals surface area contributed by atoms with Gasteiger partial charge in [-0.2, -0.15) is 0 Å². The molecule has 4 atom stereocenters. The highest BCUT2D eigenvalue weighted by Gasteiger charge is 2.49. The predicted molar refractivity (Wildman–Crippen MR) is 93.9 cm³/mol. The summed E-state index contributed by atoms with van der Waals surface area (Å²) in [5, 5.41) is 0.721. The zero-order valence-electron chi connectivity index (χ0n) is 11.7. The second-order valence-corrected chi connectivity index (χ2v) is 8.07. The molecule has 3 aliphatic carbocycles. The van der Waals surface area contributed by atoms with Crippen molar-refractivity contribution < 1.29 is 0 Å². The Kier molecular flexibility index (Phi) is 3.68. The number of rotatable bonds is 3. The van der Waals surface area contributed by atoms with Crippen molar-refractivity contribution in [1.82, 2.24) is 0 Å². The van der Waals surface area contributed by atoms with E-state index >= 15 is 0 Å². The third kappa shape index (κ3) is 2.49. The van der Waals surface area contributed by atoms with E-state index in [-0.39, 0.29) is 0 Å². The highest BCUT2D eigenvalue weighted by atomic mass is 79.9. The van der Waals surface area contributed by atoms with Gasteiger partial charge >= 0.3 is 0 Å². The molecule has 3 aliphatic rings. The van der Waals surface area contributed by atoms with Gasteiger partial charge < -0.3 is 0 Å². The van der Waals surface area contributed by atoms with Crippen molar-refractivity contribution >= 4 is 27.7 Å². The normalized spacial score (nSPS) is 30.4. The van der Waals surface area contributed by atoms with Crippen molar-refractivity contribution in [1.29, 1.82) is 0 Å². The largest absolute Gasteiger partial charge is 0.122 e. The quantitative estimate of drug-likeness (QED) is 0.663. The van der Waals surface area contributed by atoms with Gasteiger partial charge in [0.25, 0.3) is 0 Å². The first-order chi connectivity index (χ1) is 10.3. The maximum Gasteiger partial charge on any atom is 0.0195 e. The number of hydrogen-bond donors (Lipinski definition) is 0. The van der Waals surface area contributed by atoms with Gasteiger partial charge in [0, 0.05) is 16.1 Å². The third-order valence-corrected chi connectivity index (χ3v) is 6.93. The molecule has 0 aromatic heterocycles. The zero-order chi connectivity index (χ0) is 14.2. The Labute approximate surface area is 138 Å². The Morgan fingerprint density at radius 1 is 0.905 bits per heavy atom. The minimum absolute atomic E-state index is 0.539. The lowest BCUT2D eigenvalue weighted by atomic mass is 9.62. The number of halogens is 1. The average Bonchev–Trinajstić information content (AvgIpc) is 2.54. The molecule has 0 saturated heterocycles. The van der Waals surface area contributed by atoms with Gasteiger partial charge in [-0.3, -0.25) is 0 Å². The van der Waals surface area contributed by atoms with E-state index in [0.717, 1.165) is 17.1 Å². The van der Waals surface area contributed by atoms with Crippen LogP contribution in [0.15, 0.2) is 76.1 Å². The molecule has 0 heterocycles. The van der Waals surface area contributed by atoms with Crippen LogP contribution in [0.3, 0.4) is 0 Å². The molecule has 106 valence electrons. The molecule has 0 radical (unpaired) electrons. The van der Waals surface area contributed by atoms with E-state index in [9.17, 15) is 0 Å². The standard InChI is InChI=1S/C19H17BrS/c20-17-12-14-11-16(18(17)13-7-3-1-4-8-13)19(14)21-15-9-5-2-6-10-15/h1-10,12,14,16,18-19H,11H2/t14-,16+,18-,19+/m1/s1. The summed E-state index contributed by atoms with van der Waals surface area (Å²) in [5.41, 5.74) is 1.45. The fourth-order valence-electron chi connectivity index (χ4n) is 3.60. The second-order valence-electron chi connectivity index (χ2n) is 5.90. The Morgan fingerprint density at radius 3 is 2.29 bits per heavy atom. The lowest BCUT2D eigenvalue weighted by molar-refractivity contribution is 0.212. The molecule has 21 heavy (non-hydrogen) atoms. The van der Waals surface area contributed by atoms with Crippen molar-refractivity contribution in [3.05, 3.63) is 76.8 Å². The van der Waals surface area contributed by atoms with Crippen molar-refractivity contribution in [3.63, 3.8) is 0 Å². The zero-order valence-corrected chi connectivity index (χ0v) is 14.1. The van der Waals surface area contributed by atoms with Gasteiger partial charge in [0.05, 0.1) is 0 Å². The molecule has 5 rings (SSSR count). The fourth-order valence-corrected chi connectivity index (χ4v) is 5.98. The summed E-state index contributed by atoms with van der Waals surface area (Å²) in [4.78, 5) is 1.40. The van der Waals surface area contributed by atoms with Crippen LogP contribution in [0.4, 0.5) is 0 Å². The molecular weight excluding hydrogens is 340 g/mol. The molecule has 0 spiro atoms. The summed E-state index contributed by atoms with van der Waals surface area (Å²) in [6.07, 6.45) is 3.79. The Morgan fingerprint density at radius 2 is 1.57 bits per heavy atom. The lowest BCUT2D eigenvalue weighted by Gasteiger charge is -2.51. The first-order valence-corrected chi connectivity index (χ1v) is 9.14. The smallest absolute Gasteiger partial charge is 0.0195 e. The number of fused-ring (bicyclic) bond motifs is 1. The summed E-state index contributed by atoms with van der Waals surface area (Å²) in [6, 6.07) is 21.8. The summed E-state index contributed by atoms with van der Waals surface area (Å²) in [6.45, 7) is 0. The molecule has 0 unspecified atom stereocenters. The van der Waals surface area contributed by atoms with E-state index in [1.165, 1.54) is 21.4 Å². The topological polar surface area (TPSA) is 0 Å². The van der Waals surface area contributed by atoms with Crippen LogP contribution in [0.1, 0.15) is 17.9 Å². The molecule has 2 bridgehead atoms. The number of thioether (sulfide) groups is 1. The fraction of sp³-hybridized carbons (Fsp3) is 0.263. The van der Waals surface area contributed by atoms with Crippen LogP contribution >= 0.6 is 27.7 Å². The lowest BCUT2D eigenvalue weighted by Crippen LogP contribution is -2.45.